The summed E-state index contributed by atoms with van der Waals surface area (Å²) in [5.74, 6) is 0.641. The predicted molar refractivity (Wildman–Crippen MR) is 94.5 cm³/mol. The number of aromatic nitrogens is 1. The van der Waals surface area contributed by atoms with Crippen LogP contribution >= 0.6 is 35.3 Å². The zero-order valence-corrected chi connectivity index (χ0v) is 15.1. The minimum absolute atomic E-state index is 0. The molecule has 1 aromatic carbocycles. The summed E-state index contributed by atoms with van der Waals surface area (Å²) in [6.45, 7) is -0.0330. The van der Waals surface area contributed by atoms with Gasteiger partial charge < -0.3 is 15.8 Å². The third kappa shape index (κ3) is 5.53. The van der Waals surface area contributed by atoms with Gasteiger partial charge in [0.1, 0.15) is 10.8 Å². The van der Waals surface area contributed by atoms with Crippen LogP contribution in [0.3, 0.4) is 0 Å². The van der Waals surface area contributed by atoms with Gasteiger partial charge in [-0.1, -0.05) is 12.1 Å². The number of benzene rings is 1. The molecule has 2 rings (SSSR count). The first-order valence-corrected chi connectivity index (χ1v) is 6.99. The van der Waals surface area contributed by atoms with Crippen LogP contribution in [0.1, 0.15) is 10.7 Å². The standard InChI is InChI=1S/C13H13F3N4OS.HI/c1-21-9-5-3-2-4-8(9)19-12(17)18-6-11-20-10(7-22-11)13(14,15)16;/h2-5,7H,6H2,1H3,(H3,17,18,19);1H. The lowest BCUT2D eigenvalue weighted by atomic mass is 10.3. The van der Waals surface area contributed by atoms with Crippen LogP contribution in [0, 0.1) is 0 Å². The molecule has 0 aliphatic carbocycles. The van der Waals surface area contributed by atoms with Gasteiger partial charge >= 0.3 is 6.18 Å². The third-order valence-corrected chi connectivity index (χ3v) is 3.43. The Morgan fingerprint density at radius 3 is 2.70 bits per heavy atom. The van der Waals surface area contributed by atoms with Gasteiger partial charge in [-0.15, -0.1) is 35.3 Å². The first-order chi connectivity index (χ1) is 10.4. The molecule has 0 radical (unpaired) electrons. The molecule has 0 bridgehead atoms. The Morgan fingerprint density at radius 2 is 2.09 bits per heavy atom. The van der Waals surface area contributed by atoms with Crippen molar-refractivity contribution in [2.75, 3.05) is 12.4 Å². The van der Waals surface area contributed by atoms with Gasteiger partial charge in [-0.05, 0) is 12.1 Å². The van der Waals surface area contributed by atoms with Crippen molar-refractivity contribution < 1.29 is 17.9 Å². The summed E-state index contributed by atoms with van der Waals surface area (Å²) in [4.78, 5) is 7.44. The maximum Gasteiger partial charge on any atom is 0.434 e. The van der Waals surface area contributed by atoms with Crippen LogP contribution in [0.5, 0.6) is 5.75 Å². The Balaban J connectivity index is 0.00000264. The van der Waals surface area contributed by atoms with Gasteiger partial charge in [0.2, 0.25) is 0 Å². The van der Waals surface area contributed by atoms with Crippen molar-refractivity contribution in [1.82, 2.24) is 4.98 Å². The van der Waals surface area contributed by atoms with E-state index in [1.165, 1.54) is 7.11 Å². The minimum atomic E-state index is -4.44. The van der Waals surface area contributed by atoms with E-state index in [2.05, 4.69) is 15.3 Å². The number of thiazole rings is 1. The lowest BCUT2D eigenvalue weighted by molar-refractivity contribution is -0.140. The van der Waals surface area contributed by atoms with Gasteiger partial charge in [0.05, 0.1) is 19.3 Å². The van der Waals surface area contributed by atoms with E-state index in [1.807, 2.05) is 0 Å². The van der Waals surface area contributed by atoms with E-state index in [0.29, 0.717) is 11.4 Å². The van der Waals surface area contributed by atoms with Crippen molar-refractivity contribution in [2.24, 2.45) is 10.7 Å². The summed E-state index contributed by atoms with van der Waals surface area (Å²) in [6, 6.07) is 7.07. The van der Waals surface area contributed by atoms with E-state index in [-0.39, 0.29) is 41.5 Å². The number of hydrogen-bond acceptors (Lipinski definition) is 4. The van der Waals surface area contributed by atoms with Crippen LogP contribution < -0.4 is 15.8 Å². The molecule has 2 aromatic rings. The number of nitrogens with one attached hydrogen (secondary N) is 1. The summed E-state index contributed by atoms with van der Waals surface area (Å²) in [5, 5.41) is 4.01. The van der Waals surface area contributed by atoms with Gasteiger partial charge in [-0.3, -0.25) is 0 Å². The van der Waals surface area contributed by atoms with Crippen molar-refractivity contribution >= 4 is 47.0 Å². The van der Waals surface area contributed by atoms with E-state index in [9.17, 15) is 13.2 Å². The molecule has 5 nitrogen and oxygen atoms in total. The van der Waals surface area contributed by atoms with Crippen molar-refractivity contribution in [3.63, 3.8) is 0 Å². The number of para-hydroxylation sites is 2. The Hall–Kier alpha value is -1.56. The Labute approximate surface area is 151 Å². The summed E-state index contributed by atoms with van der Waals surface area (Å²) in [5.41, 5.74) is 5.40. The average molecular weight is 458 g/mol. The van der Waals surface area contributed by atoms with Crippen molar-refractivity contribution in [2.45, 2.75) is 12.7 Å². The zero-order valence-electron chi connectivity index (χ0n) is 11.9. The fraction of sp³-hybridized carbons (Fsp3) is 0.231. The Bertz CT molecular complexity index is 675. The van der Waals surface area contributed by atoms with Gasteiger partial charge in [0.15, 0.2) is 11.7 Å². The van der Waals surface area contributed by atoms with Crippen LogP contribution in [0.2, 0.25) is 0 Å². The number of alkyl halides is 3. The van der Waals surface area contributed by atoms with E-state index in [4.69, 9.17) is 10.5 Å². The molecule has 0 saturated heterocycles. The summed E-state index contributed by atoms with van der Waals surface area (Å²) < 4.78 is 42.4. The molecule has 23 heavy (non-hydrogen) atoms. The number of rotatable bonds is 4. The van der Waals surface area contributed by atoms with E-state index in [1.54, 1.807) is 24.3 Å². The molecule has 0 atom stereocenters. The molecular weight excluding hydrogens is 444 g/mol. The molecule has 0 aliphatic heterocycles. The second kappa shape index (κ2) is 8.34. The van der Waals surface area contributed by atoms with Gasteiger partial charge in [0, 0.05) is 5.38 Å². The highest BCUT2D eigenvalue weighted by atomic mass is 127. The highest BCUT2D eigenvalue weighted by Gasteiger charge is 2.33. The van der Waals surface area contributed by atoms with Crippen LogP contribution in [0.25, 0.3) is 0 Å². The van der Waals surface area contributed by atoms with Gasteiger partial charge in [-0.25, -0.2) is 9.98 Å². The van der Waals surface area contributed by atoms with E-state index < -0.39 is 11.9 Å². The van der Waals surface area contributed by atoms with Crippen LogP contribution in [-0.4, -0.2) is 18.1 Å². The van der Waals surface area contributed by atoms with Crippen LogP contribution in [-0.2, 0) is 12.7 Å². The smallest absolute Gasteiger partial charge is 0.434 e. The molecule has 0 fully saturated rings. The predicted octanol–water partition coefficient (Wildman–Crippen LogP) is 3.72. The third-order valence-electron chi connectivity index (χ3n) is 2.60. The molecule has 1 heterocycles. The quantitative estimate of drug-likeness (QED) is 0.417. The molecular formula is C13H14F3IN4OS. The van der Waals surface area contributed by atoms with Crippen molar-refractivity contribution in [3.8, 4) is 5.75 Å². The topological polar surface area (TPSA) is 72.5 Å². The summed E-state index contributed by atoms with van der Waals surface area (Å²) >= 11 is 0.886. The van der Waals surface area contributed by atoms with Crippen LogP contribution in [0.4, 0.5) is 18.9 Å². The van der Waals surface area contributed by atoms with Crippen molar-refractivity contribution in [3.05, 3.63) is 40.3 Å². The van der Waals surface area contributed by atoms with Crippen molar-refractivity contribution in [1.29, 1.82) is 0 Å². The number of nitrogens with zero attached hydrogens (tertiary/aromatic N) is 2. The highest BCUT2D eigenvalue weighted by molar-refractivity contribution is 14.0. The molecule has 3 N–H and O–H groups in total. The van der Waals surface area contributed by atoms with Gasteiger partial charge in [0.25, 0.3) is 0 Å². The highest BCUT2D eigenvalue weighted by Crippen LogP contribution is 2.30. The summed E-state index contributed by atoms with van der Waals surface area (Å²) in [7, 11) is 1.52. The van der Waals surface area contributed by atoms with E-state index in [0.717, 1.165) is 16.7 Å². The average Bonchev–Trinajstić information content (AvgIpc) is 2.95. The monoisotopic (exact) mass is 458 g/mol. The second-order valence-electron chi connectivity index (χ2n) is 4.15. The molecule has 0 unspecified atom stereocenters. The number of guanidine groups is 1. The number of methoxy groups -OCH3 is 1. The molecule has 0 aliphatic rings. The molecule has 0 saturated carbocycles. The van der Waals surface area contributed by atoms with Gasteiger partial charge in [-0.2, -0.15) is 13.2 Å². The number of ether oxygens (including phenoxy) is 1. The first kappa shape index (κ1) is 19.5. The summed E-state index contributed by atoms with van der Waals surface area (Å²) in [6.07, 6.45) is -4.44. The maximum atomic E-state index is 12.4. The molecule has 10 heteroatoms. The lowest BCUT2D eigenvalue weighted by Gasteiger charge is -2.09. The number of aliphatic imine (C=N–C) groups is 1. The lowest BCUT2D eigenvalue weighted by Crippen LogP contribution is -2.22. The van der Waals surface area contributed by atoms with E-state index >= 15 is 0 Å². The fourth-order valence-electron chi connectivity index (χ4n) is 1.59. The molecule has 126 valence electrons. The fourth-order valence-corrected chi connectivity index (χ4v) is 2.32. The maximum absolute atomic E-state index is 12.4. The number of anilines is 1. The minimum Gasteiger partial charge on any atom is -0.495 e. The second-order valence-corrected chi connectivity index (χ2v) is 5.09. The largest absolute Gasteiger partial charge is 0.495 e. The first-order valence-electron chi connectivity index (χ1n) is 6.11. The molecule has 0 amide bonds. The van der Waals surface area contributed by atoms with Crippen LogP contribution in [0.15, 0.2) is 34.6 Å². The SMILES string of the molecule is COc1ccccc1NC(N)=NCc1nc(C(F)(F)F)cs1.I. The number of hydrogen-bond donors (Lipinski definition) is 2. The molecule has 0 spiro atoms. The number of nitrogens with two attached hydrogens (primary N) is 1. The molecule has 1 aromatic heterocycles. The normalized spacial score (nSPS) is 11.7. The zero-order chi connectivity index (χ0) is 16.2. The Morgan fingerprint density at radius 1 is 1.39 bits per heavy atom. The number of halogens is 4. The Kier molecular flexibility index (Phi) is 7.06.